The van der Waals surface area contributed by atoms with Gasteiger partial charge >= 0.3 is 0 Å². The quantitative estimate of drug-likeness (QED) is 0.806. The molecule has 4 fully saturated rings. The second-order valence-corrected chi connectivity index (χ2v) is 7.26. The monoisotopic (exact) mass is 324 g/mol. The van der Waals surface area contributed by atoms with Crippen LogP contribution in [0.15, 0.2) is 0 Å². The van der Waals surface area contributed by atoms with Gasteiger partial charge in [0.05, 0.1) is 12.1 Å². The zero-order valence-electron chi connectivity index (χ0n) is 15.1. The molecule has 0 atom stereocenters. The number of hydrogen-bond acceptors (Lipinski definition) is 3. The number of carbonyl (C=O) groups is 2. The average Bonchev–Trinajstić information content (AvgIpc) is 3.42. The Bertz CT molecular complexity index is 440. The highest BCUT2D eigenvalue weighted by atomic mass is 16.5. The van der Waals surface area contributed by atoms with Crippen LogP contribution in [-0.2, 0) is 14.3 Å². The van der Waals surface area contributed by atoms with E-state index in [0.717, 1.165) is 32.3 Å². The minimum absolute atomic E-state index is 0.101. The number of carbonyl (C=O) groups excluding carboxylic acids is 2. The van der Waals surface area contributed by atoms with Crippen molar-refractivity contribution in [3.8, 4) is 0 Å². The number of morpholine rings is 1. The van der Waals surface area contributed by atoms with Crippen LogP contribution in [0.3, 0.4) is 0 Å². The summed E-state index contributed by atoms with van der Waals surface area (Å²) in [5.74, 6) is 0.424. The number of rotatable bonds is 1. The summed E-state index contributed by atoms with van der Waals surface area (Å²) in [6.07, 6.45) is 7.76. The maximum atomic E-state index is 11.5. The molecule has 23 heavy (non-hydrogen) atoms. The number of nitrogens with zero attached hydrogens (tertiary/aromatic N) is 1. The third-order valence-electron chi connectivity index (χ3n) is 5.04. The lowest BCUT2D eigenvalue weighted by molar-refractivity contribution is -0.153. The van der Waals surface area contributed by atoms with Crippen LogP contribution < -0.4 is 5.32 Å². The van der Waals surface area contributed by atoms with Crippen molar-refractivity contribution >= 4 is 11.8 Å². The normalized spacial score (nSPS) is 26.0. The largest absolute Gasteiger partial charge is 0.369 e. The highest BCUT2D eigenvalue weighted by Crippen LogP contribution is 2.44. The van der Waals surface area contributed by atoms with Crippen LogP contribution >= 0.6 is 0 Å². The smallest absolute Gasteiger partial charge is 0.249 e. The third-order valence-corrected chi connectivity index (χ3v) is 5.04. The molecule has 0 radical (unpaired) electrons. The van der Waals surface area contributed by atoms with Gasteiger partial charge in [0.15, 0.2) is 0 Å². The van der Waals surface area contributed by atoms with Crippen LogP contribution in [0.1, 0.15) is 72.6 Å². The molecule has 2 aliphatic carbocycles. The van der Waals surface area contributed by atoms with Crippen molar-refractivity contribution in [3.63, 3.8) is 0 Å². The summed E-state index contributed by atoms with van der Waals surface area (Å²) in [7, 11) is 0. The first-order chi connectivity index (χ1) is 11.0. The molecular weight excluding hydrogens is 292 g/mol. The van der Waals surface area contributed by atoms with Crippen molar-refractivity contribution in [2.45, 2.75) is 89.8 Å². The molecule has 4 rings (SSSR count). The standard InChI is InChI=1S/C9H15NO2.C7H11NO.C2H6/c1-7(2)10-8(11)5-12-6-9(10)3-4-9;9-6-2-1-3-7(8-6)4-5-7;1-2/h7H,3-6H2,1-2H3;1-5H2,(H,8,9);1-2H3. The molecular formula is C18H32N2O3. The lowest BCUT2D eigenvalue weighted by atomic mass is 10.0. The molecule has 2 heterocycles. The average molecular weight is 324 g/mol. The van der Waals surface area contributed by atoms with Crippen LogP contribution in [-0.4, -0.2) is 47.0 Å². The van der Waals surface area contributed by atoms with Crippen molar-refractivity contribution in [2.75, 3.05) is 13.2 Å². The van der Waals surface area contributed by atoms with E-state index in [2.05, 4.69) is 19.2 Å². The first-order valence-corrected chi connectivity index (χ1v) is 9.17. The van der Waals surface area contributed by atoms with Crippen molar-refractivity contribution in [3.05, 3.63) is 0 Å². The second-order valence-electron chi connectivity index (χ2n) is 7.26. The molecule has 2 saturated heterocycles. The van der Waals surface area contributed by atoms with Gasteiger partial charge in [-0.3, -0.25) is 9.59 Å². The molecule has 5 heteroatoms. The molecule has 1 N–H and O–H groups in total. The van der Waals surface area contributed by atoms with Crippen molar-refractivity contribution in [1.82, 2.24) is 10.2 Å². The third kappa shape index (κ3) is 4.25. The topological polar surface area (TPSA) is 58.6 Å². The molecule has 2 spiro atoms. The van der Waals surface area contributed by atoms with Crippen LogP contribution in [0.2, 0.25) is 0 Å². The van der Waals surface area contributed by atoms with E-state index in [1.165, 1.54) is 19.3 Å². The predicted octanol–water partition coefficient (Wildman–Crippen LogP) is 2.63. The van der Waals surface area contributed by atoms with Crippen LogP contribution in [0, 0.1) is 0 Å². The summed E-state index contributed by atoms with van der Waals surface area (Å²) in [6.45, 7) is 9.17. The summed E-state index contributed by atoms with van der Waals surface area (Å²) in [6, 6.07) is 0.323. The van der Waals surface area contributed by atoms with Crippen LogP contribution in [0.25, 0.3) is 0 Å². The van der Waals surface area contributed by atoms with Crippen molar-refractivity contribution in [1.29, 1.82) is 0 Å². The molecule has 2 saturated carbocycles. The minimum Gasteiger partial charge on any atom is -0.369 e. The second kappa shape index (κ2) is 7.20. The van der Waals surface area contributed by atoms with Gasteiger partial charge in [0.2, 0.25) is 11.8 Å². The Labute approximate surface area is 140 Å². The maximum Gasteiger partial charge on any atom is 0.249 e. The van der Waals surface area contributed by atoms with E-state index in [-0.39, 0.29) is 24.0 Å². The number of ether oxygens (including phenoxy) is 1. The van der Waals surface area contributed by atoms with Gasteiger partial charge in [-0.15, -0.1) is 0 Å². The fourth-order valence-corrected chi connectivity index (χ4v) is 3.63. The van der Waals surface area contributed by atoms with E-state index >= 15 is 0 Å². The molecule has 0 bridgehead atoms. The van der Waals surface area contributed by atoms with E-state index in [9.17, 15) is 9.59 Å². The summed E-state index contributed by atoms with van der Waals surface area (Å²) in [4.78, 5) is 24.3. The predicted molar refractivity (Wildman–Crippen MR) is 90.1 cm³/mol. The molecule has 2 aliphatic heterocycles. The number of hydrogen-bond donors (Lipinski definition) is 1. The van der Waals surface area contributed by atoms with E-state index in [1.54, 1.807) is 0 Å². The Morgan fingerprint density at radius 2 is 1.74 bits per heavy atom. The van der Waals surface area contributed by atoms with E-state index in [1.807, 2.05) is 18.7 Å². The SMILES string of the molecule is CC.CC(C)N1C(=O)COCC12CC2.O=C1CCCC2(CC2)N1. The van der Waals surface area contributed by atoms with Crippen LogP contribution in [0.5, 0.6) is 0 Å². The Morgan fingerprint density at radius 3 is 2.13 bits per heavy atom. The van der Waals surface area contributed by atoms with E-state index in [0.29, 0.717) is 11.6 Å². The Morgan fingerprint density at radius 1 is 1.09 bits per heavy atom. The summed E-state index contributed by atoms with van der Waals surface area (Å²) < 4.78 is 5.25. The highest BCUT2D eigenvalue weighted by molar-refractivity contribution is 5.80. The van der Waals surface area contributed by atoms with Gasteiger partial charge in [-0.25, -0.2) is 0 Å². The Balaban J connectivity index is 0.000000155. The van der Waals surface area contributed by atoms with Crippen molar-refractivity contribution < 1.29 is 14.3 Å². The number of piperidine rings is 1. The highest BCUT2D eigenvalue weighted by Gasteiger charge is 2.53. The summed E-state index contributed by atoms with van der Waals surface area (Å²) in [5.41, 5.74) is 0.402. The van der Waals surface area contributed by atoms with Gasteiger partial charge in [0.25, 0.3) is 0 Å². The Hall–Kier alpha value is -1.10. The molecule has 4 aliphatic rings. The molecule has 0 unspecified atom stereocenters. The fraction of sp³-hybridized carbons (Fsp3) is 0.889. The van der Waals surface area contributed by atoms with E-state index in [4.69, 9.17) is 4.74 Å². The summed E-state index contributed by atoms with van der Waals surface area (Å²) >= 11 is 0. The molecule has 2 amide bonds. The lowest BCUT2D eigenvalue weighted by Gasteiger charge is -2.38. The Kier molecular flexibility index (Phi) is 5.71. The molecule has 0 aromatic carbocycles. The van der Waals surface area contributed by atoms with Crippen LogP contribution in [0.4, 0.5) is 0 Å². The van der Waals surface area contributed by atoms with Gasteiger partial charge < -0.3 is 15.0 Å². The first-order valence-electron chi connectivity index (χ1n) is 9.17. The van der Waals surface area contributed by atoms with Crippen molar-refractivity contribution in [2.24, 2.45) is 0 Å². The van der Waals surface area contributed by atoms with Gasteiger partial charge in [-0.1, -0.05) is 13.8 Å². The molecule has 0 aromatic rings. The zero-order chi connectivity index (χ0) is 17.1. The minimum atomic E-state index is 0.101. The zero-order valence-corrected chi connectivity index (χ0v) is 15.1. The van der Waals surface area contributed by atoms with Gasteiger partial charge in [0, 0.05) is 18.0 Å². The number of amides is 2. The lowest BCUT2D eigenvalue weighted by Crippen LogP contribution is -2.54. The fourth-order valence-electron chi connectivity index (χ4n) is 3.63. The molecule has 0 aromatic heterocycles. The van der Waals surface area contributed by atoms with Gasteiger partial charge in [-0.05, 0) is 52.4 Å². The van der Waals surface area contributed by atoms with Gasteiger partial charge in [-0.2, -0.15) is 0 Å². The van der Waals surface area contributed by atoms with E-state index < -0.39 is 0 Å². The van der Waals surface area contributed by atoms with Gasteiger partial charge in [0.1, 0.15) is 6.61 Å². The molecule has 5 nitrogen and oxygen atoms in total. The first kappa shape index (κ1) is 18.2. The maximum absolute atomic E-state index is 11.5. The number of nitrogens with one attached hydrogen (secondary N) is 1. The molecule has 132 valence electrons. The summed E-state index contributed by atoms with van der Waals surface area (Å²) in [5, 5.41) is 3.03.